The van der Waals surface area contributed by atoms with Gasteiger partial charge in [-0.25, -0.2) is 13.1 Å². The van der Waals surface area contributed by atoms with Gasteiger partial charge in [0.2, 0.25) is 21.8 Å². The molecule has 0 radical (unpaired) electrons. The van der Waals surface area contributed by atoms with Crippen molar-refractivity contribution in [2.24, 2.45) is 0 Å². The molecule has 1 aromatic carbocycles. The number of aryl methyl sites for hydroxylation is 1. The van der Waals surface area contributed by atoms with E-state index in [4.69, 9.17) is 9.26 Å². The third-order valence-corrected chi connectivity index (χ3v) is 5.53. The first-order chi connectivity index (χ1) is 13.5. The van der Waals surface area contributed by atoms with E-state index in [1.807, 2.05) is 20.8 Å². The summed E-state index contributed by atoms with van der Waals surface area (Å²) >= 11 is 0. The van der Waals surface area contributed by atoms with Crippen molar-refractivity contribution in [1.82, 2.24) is 14.9 Å². The van der Waals surface area contributed by atoms with Crippen LogP contribution in [0.3, 0.4) is 0 Å². The van der Waals surface area contributed by atoms with E-state index < -0.39 is 10.0 Å². The van der Waals surface area contributed by atoms with E-state index in [-0.39, 0.29) is 35.3 Å². The largest absolute Gasteiger partial charge is 0.383 e. The fourth-order valence-electron chi connectivity index (χ4n) is 2.44. The smallest absolute Gasteiger partial charge is 0.240 e. The molecule has 0 saturated carbocycles. The van der Waals surface area contributed by atoms with Gasteiger partial charge in [0.25, 0.3) is 0 Å². The second kappa shape index (κ2) is 9.47. The molecule has 1 amide bonds. The molecule has 1 heterocycles. The Balaban J connectivity index is 1.90. The average molecular weight is 425 g/mol. The summed E-state index contributed by atoms with van der Waals surface area (Å²) in [6.45, 7) is 7.91. The molecule has 2 N–H and O–H groups in total. The molecule has 1 atom stereocenters. The predicted octanol–water partition coefficient (Wildman–Crippen LogP) is 2.25. The first-order valence-corrected chi connectivity index (χ1v) is 10.7. The maximum atomic E-state index is 12.3. The number of aromatic nitrogens is 2. The van der Waals surface area contributed by atoms with Crippen molar-refractivity contribution in [2.75, 3.05) is 19.0 Å². The van der Waals surface area contributed by atoms with Crippen molar-refractivity contribution in [1.29, 1.82) is 0 Å². The molecule has 0 saturated heterocycles. The van der Waals surface area contributed by atoms with Gasteiger partial charge in [-0.15, -0.1) is 0 Å². The molecule has 2 rings (SSSR count). The maximum Gasteiger partial charge on any atom is 0.240 e. The van der Waals surface area contributed by atoms with Crippen LogP contribution in [0.5, 0.6) is 0 Å². The fourth-order valence-corrected chi connectivity index (χ4v) is 3.67. The molecular weight excluding hydrogens is 396 g/mol. The van der Waals surface area contributed by atoms with Crippen LogP contribution in [0.25, 0.3) is 0 Å². The third kappa shape index (κ3) is 6.91. The second-order valence-electron chi connectivity index (χ2n) is 7.81. The molecule has 9 nitrogen and oxygen atoms in total. The molecule has 0 spiro atoms. The van der Waals surface area contributed by atoms with E-state index in [0.29, 0.717) is 23.8 Å². The van der Waals surface area contributed by atoms with Crippen LogP contribution in [0.4, 0.5) is 5.69 Å². The van der Waals surface area contributed by atoms with Crippen LogP contribution in [0.15, 0.2) is 33.7 Å². The van der Waals surface area contributed by atoms with Crippen LogP contribution in [-0.4, -0.2) is 44.2 Å². The van der Waals surface area contributed by atoms with Gasteiger partial charge in [-0.1, -0.05) is 25.9 Å². The summed E-state index contributed by atoms with van der Waals surface area (Å²) in [6, 6.07) is 5.60. The number of anilines is 1. The fraction of sp³-hybridized carbons (Fsp3) is 0.526. The molecule has 0 aliphatic rings. The highest BCUT2D eigenvalue weighted by molar-refractivity contribution is 7.89. The van der Waals surface area contributed by atoms with Gasteiger partial charge >= 0.3 is 0 Å². The number of amides is 1. The highest BCUT2D eigenvalue weighted by Gasteiger charge is 2.21. The van der Waals surface area contributed by atoms with E-state index >= 15 is 0 Å². The van der Waals surface area contributed by atoms with E-state index in [9.17, 15) is 13.2 Å². The molecule has 2 aromatic rings. The molecule has 10 heteroatoms. The Morgan fingerprint density at radius 1 is 1.24 bits per heavy atom. The number of hydrogen-bond acceptors (Lipinski definition) is 7. The van der Waals surface area contributed by atoms with E-state index in [2.05, 4.69) is 20.2 Å². The number of hydrogen-bond donors (Lipinski definition) is 2. The summed E-state index contributed by atoms with van der Waals surface area (Å²) in [5.74, 6) is 0.767. The molecule has 0 aliphatic carbocycles. The van der Waals surface area contributed by atoms with Gasteiger partial charge in [-0.2, -0.15) is 4.98 Å². The number of ether oxygens (including phenoxy) is 1. The van der Waals surface area contributed by atoms with Crippen LogP contribution >= 0.6 is 0 Å². The van der Waals surface area contributed by atoms with E-state index in [1.54, 1.807) is 6.92 Å². The van der Waals surface area contributed by atoms with Gasteiger partial charge < -0.3 is 14.6 Å². The number of benzene rings is 1. The monoisotopic (exact) mass is 424 g/mol. The Kier molecular flexibility index (Phi) is 7.50. The summed E-state index contributed by atoms with van der Waals surface area (Å²) < 4.78 is 37.2. The maximum absolute atomic E-state index is 12.3. The van der Waals surface area contributed by atoms with Crippen molar-refractivity contribution in [3.63, 3.8) is 0 Å². The molecule has 160 valence electrons. The van der Waals surface area contributed by atoms with Gasteiger partial charge in [0, 0.05) is 37.1 Å². The standard InChI is InChI=1S/C19H28N4O5S/c1-13(12-27-5)23-29(25,26)15-8-6-14(7-9-15)20-16(24)10-11-17-21-18(22-28-17)19(2,3)4/h6-9,13,23H,10-12H2,1-5H3,(H,20,24). The molecule has 1 aromatic heterocycles. The van der Waals surface area contributed by atoms with Crippen molar-refractivity contribution in [2.45, 2.75) is 56.9 Å². The Morgan fingerprint density at radius 3 is 2.45 bits per heavy atom. The van der Waals surface area contributed by atoms with Crippen LogP contribution in [0, 0.1) is 0 Å². The van der Waals surface area contributed by atoms with Crippen LogP contribution in [0.2, 0.25) is 0 Å². The quantitative estimate of drug-likeness (QED) is 0.633. The second-order valence-corrected chi connectivity index (χ2v) is 9.53. The summed E-state index contributed by atoms with van der Waals surface area (Å²) in [7, 11) is -2.15. The lowest BCUT2D eigenvalue weighted by molar-refractivity contribution is -0.116. The summed E-state index contributed by atoms with van der Waals surface area (Å²) in [4.78, 5) is 16.5. The van der Waals surface area contributed by atoms with Crippen molar-refractivity contribution in [3.8, 4) is 0 Å². The van der Waals surface area contributed by atoms with Crippen molar-refractivity contribution >= 4 is 21.6 Å². The topological polar surface area (TPSA) is 123 Å². The van der Waals surface area contributed by atoms with Crippen molar-refractivity contribution in [3.05, 3.63) is 36.0 Å². The number of nitrogens with one attached hydrogen (secondary N) is 2. The predicted molar refractivity (Wildman–Crippen MR) is 108 cm³/mol. The summed E-state index contributed by atoms with van der Waals surface area (Å²) in [6.07, 6.45) is 0.491. The van der Waals surface area contributed by atoms with E-state index in [0.717, 1.165) is 0 Å². The number of carbonyl (C=O) groups is 1. The normalized spacial score (nSPS) is 13.3. The van der Waals surface area contributed by atoms with Gasteiger partial charge in [0.05, 0.1) is 11.5 Å². The molecule has 29 heavy (non-hydrogen) atoms. The van der Waals surface area contributed by atoms with E-state index in [1.165, 1.54) is 31.4 Å². The van der Waals surface area contributed by atoms with Gasteiger partial charge in [-0.3, -0.25) is 4.79 Å². The zero-order valence-corrected chi connectivity index (χ0v) is 18.2. The Labute approximate surface area is 171 Å². The average Bonchev–Trinajstić information content (AvgIpc) is 3.09. The van der Waals surface area contributed by atoms with Crippen LogP contribution in [-0.2, 0) is 31.4 Å². The lowest BCUT2D eigenvalue weighted by atomic mass is 9.96. The zero-order valence-electron chi connectivity index (χ0n) is 17.4. The van der Waals surface area contributed by atoms with Crippen molar-refractivity contribution < 1.29 is 22.5 Å². The minimum Gasteiger partial charge on any atom is -0.383 e. The summed E-state index contributed by atoms with van der Waals surface area (Å²) in [5.41, 5.74) is 0.280. The number of nitrogens with zero attached hydrogens (tertiary/aromatic N) is 2. The Hall–Kier alpha value is -2.30. The number of methoxy groups -OCH3 is 1. The number of rotatable bonds is 9. The number of carbonyl (C=O) groups excluding carboxylic acids is 1. The number of sulfonamides is 1. The molecule has 0 bridgehead atoms. The Bertz CT molecular complexity index is 917. The van der Waals surface area contributed by atoms with Gasteiger partial charge in [-0.05, 0) is 31.2 Å². The lowest BCUT2D eigenvalue weighted by Gasteiger charge is -2.13. The summed E-state index contributed by atoms with van der Waals surface area (Å²) in [5, 5.41) is 6.65. The first kappa shape index (κ1) is 23.0. The van der Waals surface area contributed by atoms with Gasteiger partial charge in [0.15, 0.2) is 5.82 Å². The first-order valence-electron chi connectivity index (χ1n) is 9.25. The zero-order chi connectivity index (χ0) is 21.7. The highest BCUT2D eigenvalue weighted by Crippen LogP contribution is 2.19. The highest BCUT2D eigenvalue weighted by atomic mass is 32.2. The van der Waals surface area contributed by atoms with Crippen LogP contribution in [0.1, 0.15) is 45.8 Å². The molecule has 0 aliphatic heterocycles. The van der Waals surface area contributed by atoms with Crippen LogP contribution < -0.4 is 10.0 Å². The Morgan fingerprint density at radius 2 is 1.90 bits per heavy atom. The van der Waals surface area contributed by atoms with Gasteiger partial charge in [0.1, 0.15) is 0 Å². The molecular formula is C19H28N4O5S. The lowest BCUT2D eigenvalue weighted by Crippen LogP contribution is -2.35. The molecule has 1 unspecified atom stereocenters. The minimum atomic E-state index is -3.65. The third-order valence-electron chi connectivity index (χ3n) is 3.93. The minimum absolute atomic E-state index is 0.110. The molecule has 0 fully saturated rings. The SMILES string of the molecule is COCC(C)NS(=O)(=O)c1ccc(NC(=O)CCc2nc(C(C)(C)C)no2)cc1.